The Kier molecular flexibility index (Phi) is 3.43. The van der Waals surface area contributed by atoms with Crippen LogP contribution in [0.25, 0.3) is 0 Å². The second kappa shape index (κ2) is 5.21. The molecule has 2 heterocycles. The van der Waals surface area contributed by atoms with Crippen molar-refractivity contribution >= 4 is 11.3 Å². The fourth-order valence-electron chi connectivity index (χ4n) is 2.62. The third-order valence-electron chi connectivity index (χ3n) is 3.62. The number of rotatable bonds is 4. The first-order chi connectivity index (χ1) is 8.86. The van der Waals surface area contributed by atoms with E-state index in [0.717, 1.165) is 6.42 Å². The van der Waals surface area contributed by atoms with Crippen LogP contribution in [0.15, 0.2) is 30.6 Å². The zero-order valence-corrected chi connectivity index (χ0v) is 11.5. The first-order valence-corrected chi connectivity index (χ1v) is 7.36. The van der Waals surface area contributed by atoms with Gasteiger partial charge in [-0.15, -0.1) is 11.3 Å². The molecular formula is C15H18N2S. The van der Waals surface area contributed by atoms with Gasteiger partial charge in [0.2, 0.25) is 0 Å². The molecule has 2 aromatic rings. The smallest absolute Gasteiger partial charge is 0.0454 e. The number of aromatic nitrogens is 1. The lowest BCUT2D eigenvalue weighted by Crippen LogP contribution is -2.17. The van der Waals surface area contributed by atoms with Crippen LogP contribution >= 0.6 is 11.3 Å². The highest BCUT2D eigenvalue weighted by Crippen LogP contribution is 2.34. The molecule has 3 heteroatoms. The fourth-order valence-corrected chi connectivity index (χ4v) is 3.99. The Morgan fingerprint density at radius 3 is 3.11 bits per heavy atom. The molecule has 3 rings (SSSR count). The highest BCUT2D eigenvalue weighted by Gasteiger charge is 2.19. The summed E-state index contributed by atoms with van der Waals surface area (Å²) in [5.41, 5.74) is 2.88. The molecule has 0 saturated carbocycles. The van der Waals surface area contributed by atoms with Crippen molar-refractivity contribution in [2.45, 2.75) is 31.7 Å². The van der Waals surface area contributed by atoms with Gasteiger partial charge in [-0.3, -0.25) is 4.98 Å². The molecule has 0 aliphatic heterocycles. The van der Waals surface area contributed by atoms with Crippen LogP contribution < -0.4 is 5.32 Å². The highest BCUT2D eigenvalue weighted by molar-refractivity contribution is 7.12. The molecule has 18 heavy (non-hydrogen) atoms. The van der Waals surface area contributed by atoms with Gasteiger partial charge < -0.3 is 5.32 Å². The largest absolute Gasteiger partial charge is 0.312 e. The third kappa shape index (κ3) is 2.33. The van der Waals surface area contributed by atoms with Crippen LogP contribution in [0.2, 0.25) is 0 Å². The van der Waals surface area contributed by atoms with E-state index in [1.807, 2.05) is 36.8 Å². The summed E-state index contributed by atoms with van der Waals surface area (Å²) in [5, 5.41) is 3.44. The summed E-state index contributed by atoms with van der Waals surface area (Å²) < 4.78 is 0. The quantitative estimate of drug-likeness (QED) is 0.911. The predicted octanol–water partition coefficient (Wildman–Crippen LogP) is 3.14. The molecule has 1 aliphatic carbocycles. The first kappa shape index (κ1) is 11.9. The van der Waals surface area contributed by atoms with Crippen LogP contribution in [-0.2, 0) is 19.3 Å². The lowest BCUT2D eigenvalue weighted by Gasteiger charge is -2.14. The number of nitrogens with zero attached hydrogens (tertiary/aromatic N) is 1. The summed E-state index contributed by atoms with van der Waals surface area (Å²) >= 11 is 1.99. The Labute approximate surface area is 112 Å². The Bertz CT molecular complexity index is 497. The Morgan fingerprint density at radius 1 is 1.44 bits per heavy atom. The average Bonchev–Trinajstić information content (AvgIpc) is 2.98. The highest BCUT2D eigenvalue weighted by atomic mass is 32.1. The van der Waals surface area contributed by atoms with Crippen molar-refractivity contribution in [3.05, 3.63) is 51.5 Å². The third-order valence-corrected chi connectivity index (χ3v) is 4.97. The van der Waals surface area contributed by atoms with Crippen LogP contribution in [0, 0.1) is 0 Å². The predicted molar refractivity (Wildman–Crippen MR) is 76.1 cm³/mol. The molecule has 2 aromatic heterocycles. The average molecular weight is 258 g/mol. The molecule has 1 unspecified atom stereocenters. The second-order valence-electron chi connectivity index (χ2n) is 4.86. The molecule has 0 aromatic carbocycles. The van der Waals surface area contributed by atoms with E-state index in [2.05, 4.69) is 22.4 Å². The van der Waals surface area contributed by atoms with Crippen LogP contribution in [0.4, 0.5) is 0 Å². The molecule has 1 atom stereocenters. The van der Waals surface area contributed by atoms with Crippen LogP contribution in [0.1, 0.15) is 33.3 Å². The van der Waals surface area contributed by atoms with E-state index in [-0.39, 0.29) is 0 Å². The number of nitrogens with one attached hydrogen (secondary N) is 1. The molecule has 0 bridgehead atoms. The van der Waals surface area contributed by atoms with Crippen molar-refractivity contribution in [1.82, 2.24) is 10.3 Å². The fraction of sp³-hybridized carbons (Fsp3) is 0.400. The van der Waals surface area contributed by atoms with Gasteiger partial charge in [-0.1, -0.05) is 6.07 Å². The SMILES string of the molecule is CNC(Cc1cccnc1)c1cc2c(s1)CCC2. The van der Waals surface area contributed by atoms with Gasteiger partial charge in [0, 0.05) is 28.2 Å². The molecule has 2 nitrogen and oxygen atoms in total. The minimum absolute atomic E-state index is 0.421. The molecule has 0 amide bonds. The minimum Gasteiger partial charge on any atom is -0.312 e. The van der Waals surface area contributed by atoms with Gasteiger partial charge in [-0.05, 0) is 56.0 Å². The Morgan fingerprint density at radius 2 is 2.39 bits per heavy atom. The molecule has 0 saturated heterocycles. The van der Waals surface area contributed by atoms with Crippen LogP contribution in [0.3, 0.4) is 0 Å². The topological polar surface area (TPSA) is 24.9 Å². The van der Waals surface area contributed by atoms with Gasteiger partial charge in [0.1, 0.15) is 0 Å². The number of aryl methyl sites for hydroxylation is 2. The van der Waals surface area contributed by atoms with Gasteiger partial charge in [0.05, 0.1) is 0 Å². The lowest BCUT2D eigenvalue weighted by molar-refractivity contribution is 0.600. The standard InChI is InChI=1S/C15H18N2S/c1-16-13(8-11-4-3-7-17-10-11)15-9-12-5-2-6-14(12)18-15/h3-4,7,9-10,13,16H,2,5-6,8H2,1H3. The van der Waals surface area contributed by atoms with E-state index in [1.54, 1.807) is 10.4 Å². The van der Waals surface area contributed by atoms with E-state index in [1.165, 1.54) is 29.7 Å². The summed E-state index contributed by atoms with van der Waals surface area (Å²) in [7, 11) is 2.05. The van der Waals surface area contributed by atoms with Gasteiger partial charge in [-0.25, -0.2) is 0 Å². The molecule has 94 valence electrons. The number of hydrogen-bond donors (Lipinski definition) is 1. The summed E-state index contributed by atoms with van der Waals surface area (Å²) in [6.45, 7) is 0. The molecule has 0 fully saturated rings. The second-order valence-corrected chi connectivity index (χ2v) is 6.03. The van der Waals surface area contributed by atoms with Crippen LogP contribution in [-0.4, -0.2) is 12.0 Å². The molecule has 1 N–H and O–H groups in total. The Hall–Kier alpha value is -1.19. The summed E-state index contributed by atoms with van der Waals surface area (Å²) in [6.07, 6.45) is 8.71. The summed E-state index contributed by atoms with van der Waals surface area (Å²) in [5.74, 6) is 0. The maximum Gasteiger partial charge on any atom is 0.0454 e. The van der Waals surface area contributed by atoms with Gasteiger partial charge in [-0.2, -0.15) is 0 Å². The van der Waals surface area contributed by atoms with Gasteiger partial charge in [0.25, 0.3) is 0 Å². The number of likely N-dealkylation sites (N-methyl/N-ethyl adjacent to an activating group) is 1. The van der Waals surface area contributed by atoms with Crippen molar-refractivity contribution in [2.24, 2.45) is 0 Å². The maximum absolute atomic E-state index is 4.19. The first-order valence-electron chi connectivity index (χ1n) is 6.54. The zero-order valence-electron chi connectivity index (χ0n) is 10.6. The summed E-state index contributed by atoms with van der Waals surface area (Å²) in [6, 6.07) is 6.99. The zero-order chi connectivity index (χ0) is 12.4. The monoisotopic (exact) mass is 258 g/mol. The van der Waals surface area contributed by atoms with Crippen molar-refractivity contribution in [3.8, 4) is 0 Å². The molecule has 0 radical (unpaired) electrons. The Balaban J connectivity index is 1.79. The normalized spacial score (nSPS) is 15.6. The minimum atomic E-state index is 0.421. The number of fused-ring (bicyclic) bond motifs is 1. The van der Waals surface area contributed by atoms with Gasteiger partial charge in [0.15, 0.2) is 0 Å². The van der Waals surface area contributed by atoms with Crippen LogP contribution in [0.5, 0.6) is 0 Å². The molecule has 1 aliphatic rings. The number of pyridine rings is 1. The molecular weight excluding hydrogens is 240 g/mol. The molecule has 0 spiro atoms. The van der Waals surface area contributed by atoms with Crippen molar-refractivity contribution < 1.29 is 0 Å². The van der Waals surface area contributed by atoms with Crippen molar-refractivity contribution in [1.29, 1.82) is 0 Å². The van der Waals surface area contributed by atoms with Crippen molar-refractivity contribution in [2.75, 3.05) is 7.05 Å². The van der Waals surface area contributed by atoms with Crippen molar-refractivity contribution in [3.63, 3.8) is 0 Å². The van der Waals surface area contributed by atoms with E-state index in [0.29, 0.717) is 6.04 Å². The lowest BCUT2D eigenvalue weighted by atomic mass is 10.1. The van der Waals surface area contributed by atoms with E-state index in [4.69, 9.17) is 0 Å². The van der Waals surface area contributed by atoms with E-state index < -0.39 is 0 Å². The summed E-state index contributed by atoms with van der Waals surface area (Å²) in [4.78, 5) is 7.28. The number of hydrogen-bond acceptors (Lipinski definition) is 3. The van der Waals surface area contributed by atoms with E-state index >= 15 is 0 Å². The van der Waals surface area contributed by atoms with E-state index in [9.17, 15) is 0 Å². The number of thiophene rings is 1. The van der Waals surface area contributed by atoms with Gasteiger partial charge >= 0.3 is 0 Å². The maximum atomic E-state index is 4.19.